The molecule has 1 atom stereocenters. The lowest BCUT2D eigenvalue weighted by Gasteiger charge is -2.18. The molecule has 1 N–H and O–H groups in total. The predicted molar refractivity (Wildman–Crippen MR) is 82.3 cm³/mol. The van der Waals surface area contributed by atoms with Gasteiger partial charge in [0.1, 0.15) is 5.82 Å². The maximum Gasteiger partial charge on any atom is 0.127 e. The van der Waals surface area contributed by atoms with Crippen molar-refractivity contribution in [2.24, 2.45) is 0 Å². The highest BCUT2D eigenvalue weighted by atomic mass is 19.1. The molecule has 0 aromatic heterocycles. The fourth-order valence-corrected chi connectivity index (χ4v) is 2.49. The van der Waals surface area contributed by atoms with E-state index in [2.05, 4.69) is 43.4 Å². The van der Waals surface area contributed by atoms with Crippen molar-refractivity contribution < 1.29 is 4.39 Å². The molecular formula is C18H22FN. The van der Waals surface area contributed by atoms with Gasteiger partial charge in [-0.25, -0.2) is 4.39 Å². The molecule has 1 nitrogen and oxygen atoms in total. The number of hydrogen-bond donors (Lipinski definition) is 1. The molecule has 0 aliphatic carbocycles. The van der Waals surface area contributed by atoms with Gasteiger partial charge in [0.25, 0.3) is 0 Å². The van der Waals surface area contributed by atoms with Crippen LogP contribution in [0.1, 0.15) is 36.1 Å². The van der Waals surface area contributed by atoms with Crippen LogP contribution in [0.25, 0.3) is 0 Å². The summed E-state index contributed by atoms with van der Waals surface area (Å²) in [6.07, 6.45) is 1.85. The van der Waals surface area contributed by atoms with Crippen molar-refractivity contribution in [1.82, 2.24) is 5.32 Å². The van der Waals surface area contributed by atoms with E-state index in [1.54, 1.807) is 6.07 Å². The smallest absolute Gasteiger partial charge is 0.127 e. The number of nitrogens with one attached hydrogen (secondary N) is 1. The Hall–Kier alpha value is -1.67. The first-order chi connectivity index (χ1) is 9.70. The molecule has 0 saturated heterocycles. The van der Waals surface area contributed by atoms with E-state index in [0.717, 1.165) is 24.9 Å². The van der Waals surface area contributed by atoms with Crippen LogP contribution < -0.4 is 5.32 Å². The van der Waals surface area contributed by atoms with Crippen LogP contribution >= 0.6 is 0 Å². The summed E-state index contributed by atoms with van der Waals surface area (Å²) in [4.78, 5) is 0. The third-order valence-electron chi connectivity index (χ3n) is 3.58. The zero-order chi connectivity index (χ0) is 14.4. The Morgan fingerprint density at radius 2 is 1.90 bits per heavy atom. The number of rotatable bonds is 6. The Labute approximate surface area is 120 Å². The van der Waals surface area contributed by atoms with Gasteiger partial charge in [0.15, 0.2) is 0 Å². The zero-order valence-electron chi connectivity index (χ0n) is 12.2. The lowest BCUT2D eigenvalue weighted by molar-refractivity contribution is 0.491. The van der Waals surface area contributed by atoms with E-state index < -0.39 is 0 Å². The molecule has 0 radical (unpaired) electrons. The van der Waals surface area contributed by atoms with Gasteiger partial charge in [-0.3, -0.25) is 0 Å². The second-order valence-electron chi connectivity index (χ2n) is 5.18. The van der Waals surface area contributed by atoms with Crippen molar-refractivity contribution in [2.45, 2.75) is 32.7 Å². The van der Waals surface area contributed by atoms with Crippen molar-refractivity contribution in [3.8, 4) is 0 Å². The van der Waals surface area contributed by atoms with E-state index in [0.29, 0.717) is 0 Å². The standard InChI is InChI=1S/C18H22FN/c1-3-18(16-9-4-5-10-17(16)19)20-12-11-15-8-6-7-14(2)13-15/h4-10,13,18,20H,3,11-12H2,1-2H3. The molecule has 106 valence electrons. The molecule has 0 saturated carbocycles. The van der Waals surface area contributed by atoms with E-state index in [4.69, 9.17) is 0 Å². The van der Waals surface area contributed by atoms with Gasteiger partial charge >= 0.3 is 0 Å². The number of hydrogen-bond acceptors (Lipinski definition) is 1. The lowest BCUT2D eigenvalue weighted by Crippen LogP contribution is -2.24. The molecule has 0 fully saturated rings. The molecule has 0 heterocycles. The van der Waals surface area contributed by atoms with Crippen LogP contribution in [0, 0.1) is 12.7 Å². The fraction of sp³-hybridized carbons (Fsp3) is 0.333. The zero-order valence-corrected chi connectivity index (χ0v) is 12.2. The maximum atomic E-state index is 13.8. The van der Waals surface area contributed by atoms with Gasteiger partial charge in [-0.05, 0) is 37.9 Å². The quantitative estimate of drug-likeness (QED) is 0.820. The largest absolute Gasteiger partial charge is 0.310 e. The number of halogens is 1. The molecule has 0 aliphatic heterocycles. The van der Waals surface area contributed by atoms with Crippen LogP contribution in [0.15, 0.2) is 48.5 Å². The minimum atomic E-state index is -0.123. The van der Waals surface area contributed by atoms with E-state index in [1.165, 1.54) is 17.2 Å². The normalized spacial score (nSPS) is 12.3. The van der Waals surface area contributed by atoms with Crippen molar-refractivity contribution in [3.05, 3.63) is 71.0 Å². The van der Waals surface area contributed by atoms with Gasteiger partial charge < -0.3 is 5.32 Å². The van der Waals surface area contributed by atoms with Gasteiger partial charge in [-0.1, -0.05) is 55.0 Å². The van der Waals surface area contributed by atoms with Gasteiger partial charge in [0.2, 0.25) is 0 Å². The minimum Gasteiger partial charge on any atom is -0.310 e. The monoisotopic (exact) mass is 271 g/mol. The highest BCUT2D eigenvalue weighted by molar-refractivity contribution is 5.23. The average Bonchev–Trinajstić information content (AvgIpc) is 2.45. The van der Waals surface area contributed by atoms with Crippen LogP contribution in [-0.2, 0) is 6.42 Å². The van der Waals surface area contributed by atoms with E-state index in [9.17, 15) is 4.39 Å². The summed E-state index contributed by atoms with van der Waals surface area (Å²) in [6, 6.07) is 15.6. The average molecular weight is 271 g/mol. The highest BCUT2D eigenvalue weighted by Gasteiger charge is 2.12. The molecule has 2 aromatic carbocycles. The van der Waals surface area contributed by atoms with Gasteiger partial charge in [-0.2, -0.15) is 0 Å². The van der Waals surface area contributed by atoms with E-state index in [-0.39, 0.29) is 11.9 Å². The van der Waals surface area contributed by atoms with Crippen LogP contribution in [-0.4, -0.2) is 6.54 Å². The Morgan fingerprint density at radius 3 is 2.60 bits per heavy atom. The molecule has 2 heteroatoms. The summed E-state index contributed by atoms with van der Waals surface area (Å²) in [6.45, 7) is 5.04. The molecular weight excluding hydrogens is 249 g/mol. The van der Waals surface area contributed by atoms with Gasteiger partial charge in [0, 0.05) is 11.6 Å². The molecule has 2 aromatic rings. The van der Waals surface area contributed by atoms with Gasteiger partial charge in [-0.15, -0.1) is 0 Å². The number of benzene rings is 2. The Bertz CT molecular complexity index is 551. The molecule has 0 aliphatic rings. The summed E-state index contributed by atoms with van der Waals surface area (Å²) < 4.78 is 13.8. The molecule has 0 bridgehead atoms. The Kier molecular flexibility index (Phi) is 5.31. The van der Waals surface area contributed by atoms with Crippen LogP contribution in [0.5, 0.6) is 0 Å². The molecule has 2 rings (SSSR count). The predicted octanol–water partition coefficient (Wildman–Crippen LogP) is 4.42. The van der Waals surface area contributed by atoms with Crippen LogP contribution in [0.4, 0.5) is 4.39 Å². The maximum absolute atomic E-state index is 13.8. The first kappa shape index (κ1) is 14.7. The summed E-state index contributed by atoms with van der Waals surface area (Å²) in [5, 5.41) is 3.45. The second kappa shape index (κ2) is 7.20. The molecule has 0 amide bonds. The van der Waals surface area contributed by atoms with Gasteiger partial charge in [0.05, 0.1) is 0 Å². The first-order valence-electron chi connectivity index (χ1n) is 7.24. The topological polar surface area (TPSA) is 12.0 Å². The molecule has 1 unspecified atom stereocenters. The molecule has 0 spiro atoms. The summed E-state index contributed by atoms with van der Waals surface area (Å²) >= 11 is 0. The highest BCUT2D eigenvalue weighted by Crippen LogP contribution is 2.19. The SMILES string of the molecule is CCC(NCCc1cccc(C)c1)c1ccccc1F. The van der Waals surface area contributed by atoms with Crippen molar-refractivity contribution in [1.29, 1.82) is 0 Å². The van der Waals surface area contributed by atoms with Crippen LogP contribution in [0.2, 0.25) is 0 Å². The Morgan fingerprint density at radius 1 is 1.10 bits per heavy atom. The van der Waals surface area contributed by atoms with E-state index in [1.807, 2.05) is 12.1 Å². The fourth-order valence-electron chi connectivity index (χ4n) is 2.49. The second-order valence-corrected chi connectivity index (χ2v) is 5.18. The van der Waals surface area contributed by atoms with Crippen molar-refractivity contribution in [3.63, 3.8) is 0 Å². The summed E-state index contributed by atoms with van der Waals surface area (Å²) in [7, 11) is 0. The van der Waals surface area contributed by atoms with Crippen molar-refractivity contribution in [2.75, 3.05) is 6.54 Å². The van der Waals surface area contributed by atoms with Crippen LogP contribution in [0.3, 0.4) is 0 Å². The summed E-state index contributed by atoms with van der Waals surface area (Å²) in [5.41, 5.74) is 3.36. The van der Waals surface area contributed by atoms with E-state index >= 15 is 0 Å². The first-order valence-corrected chi connectivity index (χ1v) is 7.24. The third-order valence-corrected chi connectivity index (χ3v) is 3.58. The van der Waals surface area contributed by atoms with Crippen molar-refractivity contribution >= 4 is 0 Å². The Balaban J connectivity index is 1.93. The summed E-state index contributed by atoms with van der Waals surface area (Å²) in [5.74, 6) is -0.123. The third kappa shape index (κ3) is 3.91. The minimum absolute atomic E-state index is 0.0843. The lowest BCUT2D eigenvalue weighted by atomic mass is 10.0. The molecule has 20 heavy (non-hydrogen) atoms. The number of aryl methyl sites for hydroxylation is 1.